The van der Waals surface area contributed by atoms with Gasteiger partial charge in [-0.3, -0.25) is 14.6 Å². The van der Waals surface area contributed by atoms with Gasteiger partial charge in [-0.2, -0.15) is 0 Å². The largest absolute Gasteiger partial charge is 0.507 e. The molecule has 1 unspecified atom stereocenters. The van der Waals surface area contributed by atoms with Crippen molar-refractivity contribution in [1.82, 2.24) is 9.88 Å². The van der Waals surface area contributed by atoms with Crippen LogP contribution in [-0.4, -0.2) is 39.4 Å². The minimum absolute atomic E-state index is 0.00292. The van der Waals surface area contributed by atoms with Crippen LogP contribution in [0.3, 0.4) is 0 Å². The zero-order chi connectivity index (χ0) is 26.5. The van der Waals surface area contributed by atoms with Crippen LogP contribution in [0.1, 0.15) is 50.4 Å². The monoisotopic (exact) mass is 500 g/mol. The number of nitrogens with zero attached hydrogens (tertiary/aromatic N) is 2. The van der Waals surface area contributed by atoms with E-state index in [2.05, 4.69) is 18.8 Å². The summed E-state index contributed by atoms with van der Waals surface area (Å²) in [6, 6.07) is 17.0. The van der Waals surface area contributed by atoms with Gasteiger partial charge in [0.05, 0.1) is 24.3 Å². The van der Waals surface area contributed by atoms with Crippen LogP contribution in [0.4, 0.5) is 0 Å². The van der Waals surface area contributed by atoms with Crippen molar-refractivity contribution in [2.45, 2.75) is 46.4 Å². The highest BCUT2D eigenvalue weighted by Crippen LogP contribution is 2.41. The molecule has 2 aromatic carbocycles. The van der Waals surface area contributed by atoms with Crippen molar-refractivity contribution in [2.75, 3.05) is 6.61 Å². The Hall–Kier alpha value is -4.13. The summed E-state index contributed by atoms with van der Waals surface area (Å²) in [4.78, 5) is 32.1. The summed E-state index contributed by atoms with van der Waals surface area (Å²) in [7, 11) is 0. The van der Waals surface area contributed by atoms with Gasteiger partial charge in [0.15, 0.2) is 0 Å². The number of hydrogen-bond acceptors (Lipinski definition) is 6. The van der Waals surface area contributed by atoms with Crippen LogP contribution in [0.25, 0.3) is 5.76 Å². The Morgan fingerprint density at radius 1 is 0.973 bits per heavy atom. The van der Waals surface area contributed by atoms with Gasteiger partial charge in [-0.15, -0.1) is 0 Å². The minimum atomic E-state index is -0.789. The summed E-state index contributed by atoms with van der Waals surface area (Å²) in [5, 5.41) is 11.3. The highest BCUT2D eigenvalue weighted by Gasteiger charge is 2.46. The summed E-state index contributed by atoms with van der Waals surface area (Å²) in [6.45, 7) is 8.70. The van der Waals surface area contributed by atoms with Crippen LogP contribution >= 0.6 is 0 Å². The van der Waals surface area contributed by atoms with E-state index in [1.807, 2.05) is 38.1 Å². The molecule has 1 aliphatic rings. The first kappa shape index (κ1) is 25.9. The molecule has 4 rings (SSSR count). The number of ether oxygens (including phenoxy) is 2. The molecule has 7 nitrogen and oxygen atoms in total. The normalized spacial score (nSPS) is 17.0. The van der Waals surface area contributed by atoms with Gasteiger partial charge >= 0.3 is 0 Å². The maximum absolute atomic E-state index is 13.3. The Kier molecular flexibility index (Phi) is 7.92. The smallest absolute Gasteiger partial charge is 0.295 e. The van der Waals surface area contributed by atoms with Gasteiger partial charge in [0.25, 0.3) is 11.7 Å². The molecule has 0 bridgehead atoms. The van der Waals surface area contributed by atoms with E-state index >= 15 is 0 Å². The summed E-state index contributed by atoms with van der Waals surface area (Å²) in [6.07, 6.45) is 3.28. The lowest BCUT2D eigenvalue weighted by atomic mass is 9.95. The zero-order valence-electron chi connectivity index (χ0n) is 21.5. The lowest BCUT2D eigenvalue weighted by Gasteiger charge is -2.26. The highest BCUT2D eigenvalue weighted by molar-refractivity contribution is 6.46. The predicted molar refractivity (Wildman–Crippen MR) is 141 cm³/mol. The molecule has 7 heteroatoms. The van der Waals surface area contributed by atoms with E-state index in [0.29, 0.717) is 35.2 Å². The van der Waals surface area contributed by atoms with Crippen molar-refractivity contribution >= 4 is 17.4 Å². The number of rotatable bonds is 9. The first-order chi connectivity index (χ1) is 17.7. The number of ketones is 1. The van der Waals surface area contributed by atoms with Crippen molar-refractivity contribution in [3.05, 3.63) is 95.3 Å². The molecule has 0 saturated carbocycles. The average Bonchev–Trinajstić information content (AvgIpc) is 3.13. The highest BCUT2D eigenvalue weighted by atomic mass is 16.5. The van der Waals surface area contributed by atoms with Gasteiger partial charge < -0.3 is 19.5 Å². The summed E-state index contributed by atoms with van der Waals surface area (Å²) in [5.74, 6) is -0.00915. The second-order valence-electron chi connectivity index (χ2n) is 9.75. The van der Waals surface area contributed by atoms with E-state index in [4.69, 9.17) is 9.47 Å². The number of likely N-dealkylation sites (tertiary alicyclic amines) is 1. The van der Waals surface area contributed by atoms with Gasteiger partial charge in [0.1, 0.15) is 17.3 Å². The number of carbonyl (C=O) groups is 2. The molecular weight excluding hydrogens is 468 g/mol. The van der Waals surface area contributed by atoms with E-state index in [-0.39, 0.29) is 24.0 Å². The number of Topliss-reactive ketones (excluding diaryl/α,β-unsaturated/α-hetero) is 1. The molecule has 1 saturated heterocycles. The van der Waals surface area contributed by atoms with Gasteiger partial charge in [-0.05, 0) is 79.4 Å². The zero-order valence-corrected chi connectivity index (χ0v) is 21.5. The second kappa shape index (κ2) is 11.3. The fourth-order valence-electron chi connectivity index (χ4n) is 4.23. The first-order valence-electron chi connectivity index (χ1n) is 12.4. The molecule has 1 atom stereocenters. The van der Waals surface area contributed by atoms with Gasteiger partial charge in [-0.25, -0.2) is 0 Å². The number of amides is 1. The fraction of sp³-hybridized carbons (Fsp3) is 0.300. The van der Waals surface area contributed by atoms with Gasteiger partial charge in [0.2, 0.25) is 0 Å². The molecule has 0 spiro atoms. The molecular formula is C30H32N2O5. The number of aromatic nitrogens is 1. The molecule has 1 N–H and O–H groups in total. The molecule has 37 heavy (non-hydrogen) atoms. The van der Waals surface area contributed by atoms with Crippen molar-refractivity contribution in [3.8, 4) is 11.5 Å². The molecule has 3 aromatic rings. The molecule has 1 aliphatic heterocycles. The number of pyridine rings is 1. The van der Waals surface area contributed by atoms with Crippen molar-refractivity contribution < 1.29 is 24.2 Å². The Morgan fingerprint density at radius 2 is 1.68 bits per heavy atom. The first-order valence-corrected chi connectivity index (χ1v) is 12.4. The standard InChI is InChI=1S/C30H32N2O5/c1-19(2)18-36-25-7-5-6-23(16-25)27-26(28(33)22-8-10-24(11-9-22)37-20(3)4)29(34)30(35)32(27)17-21-12-14-31-15-13-21/h5-16,19-20,27,33H,17-18H2,1-4H3/b28-26-. The van der Waals surface area contributed by atoms with Gasteiger partial charge in [0, 0.05) is 24.5 Å². The Balaban J connectivity index is 1.79. The number of hydrogen-bond donors (Lipinski definition) is 1. The van der Waals surface area contributed by atoms with Crippen LogP contribution in [-0.2, 0) is 16.1 Å². The van der Waals surface area contributed by atoms with E-state index in [9.17, 15) is 14.7 Å². The minimum Gasteiger partial charge on any atom is -0.507 e. The predicted octanol–water partition coefficient (Wildman–Crippen LogP) is 5.53. The molecule has 1 fully saturated rings. The number of carbonyl (C=O) groups excluding carboxylic acids is 2. The lowest BCUT2D eigenvalue weighted by Crippen LogP contribution is -2.29. The van der Waals surface area contributed by atoms with Crippen molar-refractivity contribution in [2.24, 2.45) is 5.92 Å². The third-order valence-corrected chi connectivity index (χ3v) is 5.90. The van der Waals surface area contributed by atoms with E-state index in [0.717, 1.165) is 5.56 Å². The quantitative estimate of drug-likeness (QED) is 0.236. The number of benzene rings is 2. The van der Waals surface area contributed by atoms with Crippen LogP contribution in [0, 0.1) is 5.92 Å². The van der Waals surface area contributed by atoms with Crippen molar-refractivity contribution in [3.63, 3.8) is 0 Å². The van der Waals surface area contributed by atoms with Crippen LogP contribution < -0.4 is 9.47 Å². The summed E-state index contributed by atoms with van der Waals surface area (Å²) < 4.78 is 11.6. The number of aliphatic hydroxyl groups excluding tert-OH is 1. The molecule has 1 aromatic heterocycles. The topological polar surface area (TPSA) is 89.0 Å². The molecule has 0 radical (unpaired) electrons. The summed E-state index contributed by atoms with van der Waals surface area (Å²) in [5.41, 5.74) is 1.97. The van der Waals surface area contributed by atoms with Crippen LogP contribution in [0.5, 0.6) is 11.5 Å². The number of aliphatic hydroxyl groups is 1. The molecule has 0 aliphatic carbocycles. The summed E-state index contributed by atoms with van der Waals surface area (Å²) >= 11 is 0. The van der Waals surface area contributed by atoms with Crippen LogP contribution in [0.15, 0.2) is 78.6 Å². The maximum Gasteiger partial charge on any atom is 0.295 e. The SMILES string of the molecule is CC(C)COc1cccc(C2/C(=C(/O)c3ccc(OC(C)C)cc3)C(=O)C(=O)N2Cc2ccncc2)c1. The maximum atomic E-state index is 13.3. The van der Waals surface area contributed by atoms with E-state index in [1.54, 1.807) is 48.8 Å². The van der Waals surface area contributed by atoms with Crippen LogP contribution in [0.2, 0.25) is 0 Å². The Morgan fingerprint density at radius 3 is 2.32 bits per heavy atom. The molecule has 1 amide bonds. The molecule has 2 heterocycles. The van der Waals surface area contributed by atoms with E-state index < -0.39 is 17.7 Å². The Labute approximate surface area is 217 Å². The second-order valence-corrected chi connectivity index (χ2v) is 9.75. The lowest BCUT2D eigenvalue weighted by molar-refractivity contribution is -0.140. The average molecular weight is 501 g/mol. The third kappa shape index (κ3) is 6.00. The van der Waals surface area contributed by atoms with E-state index in [1.165, 1.54) is 4.90 Å². The van der Waals surface area contributed by atoms with Crippen molar-refractivity contribution in [1.29, 1.82) is 0 Å². The molecule has 192 valence electrons. The van der Waals surface area contributed by atoms with Gasteiger partial charge in [-0.1, -0.05) is 26.0 Å². The fourth-order valence-corrected chi connectivity index (χ4v) is 4.23. The Bertz CT molecular complexity index is 1280. The third-order valence-electron chi connectivity index (χ3n) is 5.90.